The molecule has 25 heavy (non-hydrogen) atoms. The van der Waals surface area contributed by atoms with Crippen molar-refractivity contribution in [3.63, 3.8) is 0 Å². The zero-order chi connectivity index (χ0) is 19.8. The summed E-state index contributed by atoms with van der Waals surface area (Å²) in [5.41, 5.74) is 2.65. The molecule has 0 aliphatic heterocycles. The Bertz CT molecular complexity index is 445. The molecule has 0 aromatic rings. The van der Waals surface area contributed by atoms with Crippen LogP contribution in [-0.4, -0.2) is 32.7 Å². The van der Waals surface area contributed by atoms with Gasteiger partial charge in [-0.15, -0.1) is 11.8 Å². The van der Waals surface area contributed by atoms with E-state index in [-0.39, 0.29) is 17.2 Å². The van der Waals surface area contributed by atoms with E-state index in [4.69, 9.17) is 9.16 Å². The van der Waals surface area contributed by atoms with E-state index < -0.39 is 8.32 Å². The van der Waals surface area contributed by atoms with Crippen molar-refractivity contribution in [3.8, 4) is 0 Å². The molecule has 0 bridgehead atoms. The summed E-state index contributed by atoms with van der Waals surface area (Å²) >= 11 is 1.74. The minimum atomic E-state index is -1.85. The third-order valence-electron chi connectivity index (χ3n) is 5.35. The fourth-order valence-electron chi connectivity index (χ4n) is 2.41. The molecule has 0 aromatic carbocycles. The smallest absolute Gasteiger partial charge is 0.192 e. The van der Waals surface area contributed by atoms with Crippen LogP contribution < -0.4 is 0 Å². The Kier molecular flexibility index (Phi) is 10.9. The molecule has 0 radical (unpaired) electrons. The van der Waals surface area contributed by atoms with E-state index in [0.29, 0.717) is 5.92 Å². The Morgan fingerprint density at radius 3 is 2.12 bits per heavy atom. The molecule has 0 saturated carbocycles. The SMILES string of the molecule is C/C=C(\C)[C@H](O[Si](C)(C)C(C)(C)C)[C@@H](C)[C@@H](CC=C(C)C)OCSC. The van der Waals surface area contributed by atoms with Gasteiger partial charge in [-0.1, -0.05) is 45.4 Å². The predicted molar refractivity (Wildman–Crippen MR) is 118 cm³/mol. The molecule has 0 N–H and O–H groups in total. The maximum Gasteiger partial charge on any atom is 0.192 e. The van der Waals surface area contributed by atoms with E-state index in [9.17, 15) is 0 Å². The Morgan fingerprint density at radius 1 is 1.16 bits per heavy atom. The molecule has 0 amide bonds. The Labute approximate surface area is 163 Å². The van der Waals surface area contributed by atoms with Gasteiger partial charge in [-0.25, -0.2) is 0 Å². The summed E-state index contributed by atoms with van der Waals surface area (Å²) < 4.78 is 13.1. The van der Waals surface area contributed by atoms with Crippen LogP contribution in [0.4, 0.5) is 0 Å². The summed E-state index contributed by atoms with van der Waals surface area (Å²) in [4.78, 5) is 0. The lowest BCUT2D eigenvalue weighted by Crippen LogP contribution is -2.47. The highest BCUT2D eigenvalue weighted by Gasteiger charge is 2.41. The number of allylic oxidation sites excluding steroid dienone is 2. The molecule has 0 aromatic heterocycles. The molecule has 0 saturated heterocycles. The predicted octanol–water partition coefficient (Wildman–Crippen LogP) is 7.04. The number of thioether (sulfide) groups is 1. The van der Waals surface area contributed by atoms with Crippen LogP contribution in [0.2, 0.25) is 18.1 Å². The van der Waals surface area contributed by atoms with Crippen molar-refractivity contribution in [2.24, 2.45) is 5.92 Å². The summed E-state index contributed by atoms with van der Waals surface area (Å²) in [5, 5.41) is 0.203. The van der Waals surface area contributed by atoms with Crippen molar-refractivity contribution in [3.05, 3.63) is 23.3 Å². The maximum atomic E-state index is 6.85. The standard InChI is InChI=1S/C21H42O2SSi/c1-12-17(4)20(23-25(10,11)21(6,7)8)18(5)19(22-15-24-9)14-13-16(2)3/h12-13,18-20H,14-15H2,1-11H3/b17-12+/t18-,19+,20-/m0/s1. The topological polar surface area (TPSA) is 18.5 Å². The average Bonchev–Trinajstić information content (AvgIpc) is 2.50. The van der Waals surface area contributed by atoms with Gasteiger partial charge in [-0.3, -0.25) is 0 Å². The van der Waals surface area contributed by atoms with Crippen LogP contribution in [-0.2, 0) is 9.16 Å². The first kappa shape index (κ1) is 25.0. The minimum absolute atomic E-state index is 0.114. The summed E-state index contributed by atoms with van der Waals surface area (Å²) in [6.45, 7) is 22.5. The highest BCUT2D eigenvalue weighted by atomic mass is 32.2. The second kappa shape index (κ2) is 11.0. The summed E-state index contributed by atoms with van der Waals surface area (Å²) in [6, 6.07) is 0. The number of hydrogen-bond acceptors (Lipinski definition) is 3. The molecule has 0 aliphatic rings. The highest BCUT2D eigenvalue weighted by Crippen LogP contribution is 2.39. The van der Waals surface area contributed by atoms with Crippen LogP contribution in [0.25, 0.3) is 0 Å². The zero-order valence-electron chi connectivity index (χ0n) is 18.5. The van der Waals surface area contributed by atoms with Crippen molar-refractivity contribution < 1.29 is 9.16 Å². The second-order valence-electron chi connectivity index (χ2n) is 8.82. The Morgan fingerprint density at radius 2 is 1.72 bits per heavy atom. The monoisotopic (exact) mass is 386 g/mol. The molecule has 0 spiro atoms. The molecule has 0 heterocycles. The molecule has 148 valence electrons. The quantitative estimate of drug-likeness (QED) is 0.228. The lowest BCUT2D eigenvalue weighted by Gasteiger charge is -2.42. The van der Waals surface area contributed by atoms with Gasteiger partial charge in [0, 0.05) is 5.92 Å². The van der Waals surface area contributed by atoms with Crippen molar-refractivity contribution in [1.82, 2.24) is 0 Å². The van der Waals surface area contributed by atoms with Gasteiger partial charge in [-0.05, 0) is 64.1 Å². The van der Waals surface area contributed by atoms with Crippen molar-refractivity contribution in [2.75, 3.05) is 12.2 Å². The average molecular weight is 387 g/mol. The highest BCUT2D eigenvalue weighted by molar-refractivity contribution is 7.98. The van der Waals surface area contributed by atoms with Crippen molar-refractivity contribution in [2.45, 2.75) is 92.2 Å². The summed E-state index contributed by atoms with van der Waals surface area (Å²) in [7, 11) is -1.85. The first-order valence-corrected chi connectivity index (χ1v) is 13.7. The largest absolute Gasteiger partial charge is 0.410 e. The second-order valence-corrected chi connectivity index (χ2v) is 14.4. The Balaban J connectivity index is 5.55. The van der Waals surface area contributed by atoms with Crippen LogP contribution in [0, 0.1) is 5.92 Å². The maximum absolute atomic E-state index is 6.85. The third-order valence-corrected chi connectivity index (χ3v) is 10.2. The molecular formula is C21H42O2SSi. The number of ether oxygens (including phenoxy) is 1. The van der Waals surface area contributed by atoms with Gasteiger partial charge in [0.1, 0.15) is 0 Å². The van der Waals surface area contributed by atoms with E-state index in [2.05, 4.69) is 86.9 Å². The van der Waals surface area contributed by atoms with E-state index in [1.165, 1.54) is 11.1 Å². The fourth-order valence-corrected chi connectivity index (χ4v) is 4.11. The van der Waals surface area contributed by atoms with Gasteiger partial charge in [0.2, 0.25) is 0 Å². The third kappa shape index (κ3) is 8.46. The van der Waals surface area contributed by atoms with Crippen LogP contribution in [0.15, 0.2) is 23.3 Å². The minimum Gasteiger partial charge on any atom is -0.410 e. The molecular weight excluding hydrogens is 344 g/mol. The molecule has 0 aliphatic carbocycles. The van der Waals surface area contributed by atoms with Gasteiger partial charge < -0.3 is 9.16 Å². The molecule has 0 fully saturated rings. The van der Waals surface area contributed by atoms with Crippen molar-refractivity contribution in [1.29, 1.82) is 0 Å². The first-order chi connectivity index (χ1) is 11.4. The first-order valence-electron chi connectivity index (χ1n) is 9.42. The van der Waals surface area contributed by atoms with Gasteiger partial charge in [0.25, 0.3) is 0 Å². The van der Waals surface area contributed by atoms with Gasteiger partial charge >= 0.3 is 0 Å². The summed E-state index contributed by atoms with van der Waals surface area (Å²) in [5.74, 6) is 1.04. The van der Waals surface area contributed by atoms with Gasteiger partial charge in [-0.2, -0.15) is 0 Å². The Hall–Kier alpha value is -0.0331. The summed E-state index contributed by atoms with van der Waals surface area (Å²) in [6.07, 6.45) is 7.80. The van der Waals surface area contributed by atoms with Crippen LogP contribution >= 0.6 is 11.8 Å². The molecule has 4 heteroatoms. The molecule has 0 rings (SSSR count). The van der Waals surface area contributed by atoms with E-state index in [0.717, 1.165) is 12.4 Å². The lowest BCUT2D eigenvalue weighted by atomic mass is 9.91. The van der Waals surface area contributed by atoms with Crippen LogP contribution in [0.1, 0.15) is 61.8 Å². The van der Waals surface area contributed by atoms with Gasteiger partial charge in [0.15, 0.2) is 8.32 Å². The molecule has 2 nitrogen and oxygen atoms in total. The van der Waals surface area contributed by atoms with Crippen LogP contribution in [0.5, 0.6) is 0 Å². The fraction of sp³-hybridized carbons (Fsp3) is 0.810. The van der Waals surface area contributed by atoms with Crippen LogP contribution in [0.3, 0.4) is 0 Å². The van der Waals surface area contributed by atoms with E-state index in [1.807, 2.05) is 0 Å². The molecule has 0 unspecified atom stereocenters. The van der Waals surface area contributed by atoms with Gasteiger partial charge in [0.05, 0.1) is 18.1 Å². The number of rotatable bonds is 10. The van der Waals surface area contributed by atoms with Crippen molar-refractivity contribution >= 4 is 20.1 Å². The normalized spacial score (nSPS) is 17.2. The zero-order valence-corrected chi connectivity index (χ0v) is 20.3. The number of hydrogen-bond donors (Lipinski definition) is 0. The van der Waals surface area contributed by atoms with E-state index in [1.54, 1.807) is 11.8 Å². The van der Waals surface area contributed by atoms with E-state index >= 15 is 0 Å². The molecule has 3 atom stereocenters. The lowest BCUT2D eigenvalue weighted by molar-refractivity contribution is 0.00656.